The Labute approximate surface area is 185 Å². The van der Waals surface area contributed by atoms with E-state index in [-0.39, 0.29) is 22.8 Å². The fourth-order valence-electron chi connectivity index (χ4n) is 4.07. The first kappa shape index (κ1) is 24.2. The summed E-state index contributed by atoms with van der Waals surface area (Å²) < 4.78 is 54.1. The Hall–Kier alpha value is -1.49. The van der Waals surface area contributed by atoms with Gasteiger partial charge in [0.25, 0.3) is 0 Å². The highest BCUT2D eigenvalue weighted by Gasteiger charge is 2.30. The molecule has 0 aromatic heterocycles. The maximum atomic E-state index is 12.9. The number of sulfonamides is 2. The Kier molecular flexibility index (Phi) is 7.77. The zero-order chi connectivity index (χ0) is 22.6. The molecule has 0 bridgehead atoms. The van der Waals surface area contributed by atoms with Gasteiger partial charge in [0.2, 0.25) is 26.0 Å². The Morgan fingerprint density at radius 1 is 1.00 bits per heavy atom. The number of hydrogen-bond acceptors (Lipinski definition) is 5. The van der Waals surface area contributed by atoms with Gasteiger partial charge in [0.05, 0.1) is 10.1 Å². The molecule has 1 aliphatic heterocycles. The third-order valence-electron chi connectivity index (χ3n) is 6.10. The average Bonchev–Trinajstić information content (AvgIpc) is 2.74. The van der Waals surface area contributed by atoms with Crippen LogP contribution in [0.1, 0.15) is 58.8 Å². The van der Waals surface area contributed by atoms with Crippen LogP contribution in [0, 0.1) is 5.92 Å². The number of anilines is 1. The van der Waals surface area contributed by atoms with Gasteiger partial charge in [-0.15, -0.1) is 0 Å². The van der Waals surface area contributed by atoms with Crippen molar-refractivity contribution in [3.8, 4) is 0 Å². The van der Waals surface area contributed by atoms with Gasteiger partial charge in [-0.25, -0.2) is 21.6 Å². The molecule has 0 atom stereocenters. The predicted octanol–water partition coefficient (Wildman–Crippen LogP) is 2.69. The SMILES string of the molecule is CC(C)S(=O)(=O)N[C@H]1CC[C@H](C(=O)Nc2cccc(S(=O)(=O)N3CCCCC3)c2)CC1. The molecular formula is C21H33N3O5S2. The molecule has 8 nitrogen and oxygen atoms in total. The Balaban J connectivity index is 1.59. The predicted molar refractivity (Wildman–Crippen MR) is 121 cm³/mol. The summed E-state index contributed by atoms with van der Waals surface area (Å²) in [5, 5.41) is 2.36. The van der Waals surface area contributed by atoms with E-state index in [1.165, 1.54) is 10.4 Å². The topological polar surface area (TPSA) is 113 Å². The second-order valence-electron chi connectivity index (χ2n) is 8.74. The lowest BCUT2D eigenvalue weighted by Gasteiger charge is -2.29. The third-order valence-corrected chi connectivity index (χ3v) is 9.90. The lowest BCUT2D eigenvalue weighted by Crippen LogP contribution is -2.42. The first-order valence-electron chi connectivity index (χ1n) is 11.0. The third kappa shape index (κ3) is 6.06. The van der Waals surface area contributed by atoms with Crippen LogP contribution in [0.5, 0.6) is 0 Å². The van der Waals surface area contributed by atoms with E-state index in [2.05, 4.69) is 10.0 Å². The monoisotopic (exact) mass is 471 g/mol. The van der Waals surface area contributed by atoms with Gasteiger partial charge in [0.1, 0.15) is 0 Å². The molecule has 2 fully saturated rings. The van der Waals surface area contributed by atoms with Gasteiger partial charge in [0.15, 0.2) is 0 Å². The number of piperidine rings is 1. The van der Waals surface area contributed by atoms with Gasteiger partial charge < -0.3 is 5.32 Å². The Bertz CT molecular complexity index is 978. The van der Waals surface area contributed by atoms with Gasteiger partial charge in [-0.3, -0.25) is 4.79 Å². The smallest absolute Gasteiger partial charge is 0.243 e. The highest BCUT2D eigenvalue weighted by atomic mass is 32.2. The number of carbonyl (C=O) groups excluding carboxylic acids is 1. The van der Waals surface area contributed by atoms with Crippen molar-refractivity contribution in [1.29, 1.82) is 0 Å². The molecule has 31 heavy (non-hydrogen) atoms. The van der Waals surface area contributed by atoms with E-state index in [0.717, 1.165) is 19.3 Å². The van der Waals surface area contributed by atoms with E-state index in [4.69, 9.17) is 0 Å². The average molecular weight is 472 g/mol. The van der Waals surface area contributed by atoms with Crippen LogP contribution in [-0.2, 0) is 24.8 Å². The number of nitrogens with zero attached hydrogens (tertiary/aromatic N) is 1. The van der Waals surface area contributed by atoms with Crippen molar-refractivity contribution >= 4 is 31.6 Å². The van der Waals surface area contributed by atoms with Crippen LogP contribution in [0.4, 0.5) is 5.69 Å². The lowest BCUT2D eigenvalue weighted by atomic mass is 9.86. The number of nitrogens with one attached hydrogen (secondary N) is 2. The zero-order valence-corrected chi connectivity index (χ0v) is 19.8. The highest BCUT2D eigenvalue weighted by Crippen LogP contribution is 2.27. The highest BCUT2D eigenvalue weighted by molar-refractivity contribution is 7.90. The van der Waals surface area contributed by atoms with Crippen LogP contribution in [0.25, 0.3) is 0 Å². The molecule has 1 saturated heterocycles. The van der Waals surface area contributed by atoms with E-state index < -0.39 is 25.3 Å². The second-order valence-corrected chi connectivity index (χ2v) is 12.9. The van der Waals surface area contributed by atoms with Crippen molar-refractivity contribution in [2.45, 2.75) is 75.0 Å². The maximum Gasteiger partial charge on any atom is 0.243 e. The van der Waals surface area contributed by atoms with E-state index in [1.54, 1.807) is 32.0 Å². The summed E-state index contributed by atoms with van der Waals surface area (Å²) in [6, 6.07) is 6.27. The van der Waals surface area contributed by atoms with Gasteiger partial charge >= 0.3 is 0 Å². The molecule has 10 heteroatoms. The van der Waals surface area contributed by atoms with Crippen LogP contribution in [0.2, 0.25) is 0 Å². The molecule has 0 unspecified atom stereocenters. The summed E-state index contributed by atoms with van der Waals surface area (Å²) in [5.41, 5.74) is 0.464. The van der Waals surface area contributed by atoms with Crippen molar-refractivity contribution in [3.63, 3.8) is 0 Å². The number of carbonyl (C=O) groups is 1. The zero-order valence-electron chi connectivity index (χ0n) is 18.2. The van der Waals surface area contributed by atoms with Crippen LogP contribution in [0.15, 0.2) is 29.2 Å². The molecule has 3 rings (SSSR count). The van der Waals surface area contributed by atoms with Crippen LogP contribution >= 0.6 is 0 Å². The van der Waals surface area contributed by atoms with E-state index in [9.17, 15) is 21.6 Å². The molecule has 1 saturated carbocycles. The van der Waals surface area contributed by atoms with Crippen molar-refractivity contribution < 1.29 is 21.6 Å². The molecule has 1 amide bonds. The summed E-state index contributed by atoms with van der Waals surface area (Å²) in [6.07, 6.45) is 5.16. The molecule has 1 aromatic carbocycles. The molecule has 0 spiro atoms. The van der Waals surface area contributed by atoms with Crippen molar-refractivity contribution in [2.75, 3.05) is 18.4 Å². The first-order valence-corrected chi connectivity index (χ1v) is 14.0. The number of hydrogen-bond donors (Lipinski definition) is 2. The molecule has 1 heterocycles. The fraction of sp³-hybridized carbons (Fsp3) is 0.667. The minimum Gasteiger partial charge on any atom is -0.326 e. The number of rotatable bonds is 7. The molecule has 0 radical (unpaired) electrons. The summed E-state index contributed by atoms with van der Waals surface area (Å²) >= 11 is 0. The number of benzene rings is 1. The van der Waals surface area contributed by atoms with Gasteiger partial charge in [0, 0.05) is 30.7 Å². The minimum absolute atomic E-state index is 0.144. The van der Waals surface area contributed by atoms with E-state index >= 15 is 0 Å². The lowest BCUT2D eigenvalue weighted by molar-refractivity contribution is -0.120. The van der Waals surface area contributed by atoms with Gasteiger partial charge in [-0.2, -0.15) is 4.31 Å². The molecule has 174 valence electrons. The van der Waals surface area contributed by atoms with Crippen LogP contribution in [0.3, 0.4) is 0 Å². The first-order chi connectivity index (χ1) is 14.6. The number of amides is 1. The standard InChI is InChI=1S/C21H33N3O5S2/c1-16(2)30(26,27)23-18-11-9-17(10-12-18)21(25)22-19-7-6-8-20(15-19)31(28,29)24-13-4-3-5-14-24/h6-8,15-18,23H,3-5,9-14H2,1-2H3,(H,22,25)/t17-,18-. The van der Waals surface area contributed by atoms with Crippen LogP contribution < -0.4 is 10.0 Å². The Morgan fingerprint density at radius 3 is 2.26 bits per heavy atom. The largest absolute Gasteiger partial charge is 0.326 e. The van der Waals surface area contributed by atoms with Gasteiger partial charge in [-0.05, 0) is 70.6 Å². The quantitative estimate of drug-likeness (QED) is 0.635. The van der Waals surface area contributed by atoms with E-state index in [0.29, 0.717) is 44.5 Å². The summed E-state index contributed by atoms with van der Waals surface area (Å²) in [7, 11) is -6.88. The molecule has 1 aliphatic carbocycles. The summed E-state index contributed by atoms with van der Waals surface area (Å²) in [6.45, 7) is 4.34. The maximum absolute atomic E-state index is 12.9. The fourth-order valence-corrected chi connectivity index (χ4v) is 6.61. The Morgan fingerprint density at radius 2 is 1.65 bits per heavy atom. The van der Waals surface area contributed by atoms with Gasteiger partial charge in [-0.1, -0.05) is 12.5 Å². The normalized spacial score (nSPS) is 23.6. The summed E-state index contributed by atoms with van der Waals surface area (Å²) in [5.74, 6) is -0.375. The van der Waals surface area contributed by atoms with Crippen molar-refractivity contribution in [1.82, 2.24) is 9.03 Å². The van der Waals surface area contributed by atoms with Crippen LogP contribution in [-0.4, -0.2) is 51.4 Å². The van der Waals surface area contributed by atoms with E-state index in [1.807, 2.05) is 0 Å². The molecule has 1 aromatic rings. The molecule has 2 N–H and O–H groups in total. The van der Waals surface area contributed by atoms with Crippen molar-refractivity contribution in [2.24, 2.45) is 5.92 Å². The summed E-state index contributed by atoms with van der Waals surface area (Å²) in [4.78, 5) is 12.9. The molecule has 2 aliphatic rings. The van der Waals surface area contributed by atoms with Crippen molar-refractivity contribution in [3.05, 3.63) is 24.3 Å². The molecular weight excluding hydrogens is 438 g/mol. The second kappa shape index (κ2) is 9.97. The minimum atomic E-state index is -3.56.